The predicted octanol–water partition coefficient (Wildman–Crippen LogP) is 2.37. The van der Waals surface area contributed by atoms with Gasteiger partial charge in [0, 0.05) is 19.6 Å². The van der Waals surface area contributed by atoms with Gasteiger partial charge in [0.1, 0.15) is 12.4 Å². The number of halogens is 1. The molecule has 0 radical (unpaired) electrons. The smallest absolute Gasteiger partial charge is 0.308 e. The molecule has 0 aliphatic carbocycles. The zero-order valence-electron chi connectivity index (χ0n) is 10.9. The molecule has 0 aromatic heterocycles. The van der Waals surface area contributed by atoms with Crippen LogP contribution in [0.4, 0.5) is 0 Å². The Balaban J connectivity index is 1.78. The van der Waals surface area contributed by atoms with Gasteiger partial charge >= 0.3 is 5.97 Å². The maximum atomic E-state index is 11.0. The van der Waals surface area contributed by atoms with Crippen molar-refractivity contribution < 1.29 is 14.6 Å². The molecule has 2 atom stereocenters. The highest BCUT2D eigenvalue weighted by molar-refractivity contribution is 6.32. The molecule has 0 spiro atoms. The minimum Gasteiger partial charge on any atom is -0.491 e. The van der Waals surface area contributed by atoms with E-state index in [1.807, 2.05) is 25.1 Å². The second-order valence-electron chi connectivity index (χ2n) is 4.96. The quantitative estimate of drug-likeness (QED) is 0.901. The van der Waals surface area contributed by atoms with Gasteiger partial charge in [0.2, 0.25) is 0 Å². The Bertz CT molecular complexity index is 452. The van der Waals surface area contributed by atoms with Gasteiger partial charge in [-0.15, -0.1) is 0 Å². The third kappa shape index (κ3) is 3.61. The van der Waals surface area contributed by atoms with Gasteiger partial charge < -0.3 is 9.84 Å². The van der Waals surface area contributed by atoms with Crippen molar-refractivity contribution in [2.45, 2.75) is 6.92 Å². The molecule has 2 rings (SSSR count). The van der Waals surface area contributed by atoms with Crippen molar-refractivity contribution in [3.63, 3.8) is 0 Å². The van der Waals surface area contributed by atoms with Crippen molar-refractivity contribution in [3.05, 3.63) is 29.3 Å². The van der Waals surface area contributed by atoms with E-state index in [1.54, 1.807) is 6.07 Å². The minimum atomic E-state index is -0.706. The highest BCUT2D eigenvalue weighted by Crippen LogP contribution is 2.24. The zero-order chi connectivity index (χ0) is 13.8. The average Bonchev–Trinajstić information content (AvgIpc) is 2.73. The fourth-order valence-electron chi connectivity index (χ4n) is 2.42. The Morgan fingerprint density at radius 1 is 1.47 bits per heavy atom. The third-order valence-electron chi connectivity index (χ3n) is 3.51. The van der Waals surface area contributed by atoms with Crippen molar-refractivity contribution >= 4 is 17.6 Å². The SMILES string of the molecule is CC1CN(CCOc2ccccc2Cl)CC1C(=O)O. The summed E-state index contributed by atoms with van der Waals surface area (Å²) in [6.45, 7) is 4.63. The first-order valence-electron chi connectivity index (χ1n) is 6.40. The number of hydrogen-bond donors (Lipinski definition) is 1. The van der Waals surface area contributed by atoms with E-state index in [0.717, 1.165) is 13.1 Å². The van der Waals surface area contributed by atoms with Crippen LogP contribution in [-0.2, 0) is 4.79 Å². The van der Waals surface area contributed by atoms with Gasteiger partial charge in [-0.05, 0) is 18.1 Å². The van der Waals surface area contributed by atoms with Crippen LogP contribution < -0.4 is 4.74 Å². The van der Waals surface area contributed by atoms with Gasteiger partial charge in [0.15, 0.2) is 0 Å². The van der Waals surface area contributed by atoms with Crippen molar-refractivity contribution in [3.8, 4) is 5.75 Å². The third-order valence-corrected chi connectivity index (χ3v) is 3.82. The number of nitrogens with zero attached hydrogens (tertiary/aromatic N) is 1. The topological polar surface area (TPSA) is 49.8 Å². The van der Waals surface area contributed by atoms with Crippen LogP contribution in [0.5, 0.6) is 5.75 Å². The number of benzene rings is 1. The number of carboxylic acids is 1. The monoisotopic (exact) mass is 283 g/mol. The van der Waals surface area contributed by atoms with E-state index in [0.29, 0.717) is 23.9 Å². The number of carboxylic acid groups (broad SMARTS) is 1. The Hall–Kier alpha value is -1.26. The van der Waals surface area contributed by atoms with Crippen LogP contribution in [0.3, 0.4) is 0 Å². The lowest BCUT2D eigenvalue weighted by Crippen LogP contribution is -2.27. The molecule has 1 saturated heterocycles. The number of rotatable bonds is 5. The maximum Gasteiger partial charge on any atom is 0.308 e. The number of para-hydroxylation sites is 1. The standard InChI is InChI=1S/C14H18ClNO3/c1-10-8-16(9-11(10)14(17)18)6-7-19-13-5-3-2-4-12(13)15/h2-5,10-11H,6-9H2,1H3,(H,17,18). The zero-order valence-corrected chi connectivity index (χ0v) is 11.6. The van der Waals surface area contributed by atoms with E-state index in [1.165, 1.54) is 0 Å². The molecule has 1 heterocycles. The molecule has 1 aromatic rings. The van der Waals surface area contributed by atoms with Crippen LogP contribution in [0.1, 0.15) is 6.92 Å². The molecule has 0 amide bonds. The summed E-state index contributed by atoms with van der Waals surface area (Å²) < 4.78 is 5.61. The molecular weight excluding hydrogens is 266 g/mol. The molecule has 1 aliphatic heterocycles. The van der Waals surface area contributed by atoms with E-state index >= 15 is 0 Å². The number of carbonyl (C=O) groups is 1. The fourth-order valence-corrected chi connectivity index (χ4v) is 2.61. The maximum absolute atomic E-state index is 11.0. The molecule has 1 fully saturated rings. The van der Waals surface area contributed by atoms with Crippen LogP contribution in [-0.4, -0.2) is 42.2 Å². The first kappa shape index (κ1) is 14.2. The summed E-state index contributed by atoms with van der Waals surface area (Å²) in [6.07, 6.45) is 0. The lowest BCUT2D eigenvalue weighted by Gasteiger charge is -2.16. The first-order valence-corrected chi connectivity index (χ1v) is 6.78. The van der Waals surface area contributed by atoms with Crippen LogP contribution in [0.2, 0.25) is 5.02 Å². The molecule has 1 aromatic carbocycles. The van der Waals surface area contributed by atoms with E-state index in [9.17, 15) is 4.79 Å². The van der Waals surface area contributed by atoms with Gasteiger partial charge in [-0.25, -0.2) is 0 Å². The van der Waals surface area contributed by atoms with Crippen molar-refractivity contribution in [2.24, 2.45) is 11.8 Å². The molecule has 4 nitrogen and oxygen atoms in total. The minimum absolute atomic E-state index is 0.192. The van der Waals surface area contributed by atoms with Gasteiger partial charge in [-0.2, -0.15) is 0 Å². The second-order valence-corrected chi connectivity index (χ2v) is 5.37. The van der Waals surface area contributed by atoms with Gasteiger partial charge in [-0.1, -0.05) is 30.7 Å². The number of hydrogen-bond acceptors (Lipinski definition) is 3. The predicted molar refractivity (Wildman–Crippen MR) is 73.7 cm³/mol. The van der Waals surface area contributed by atoms with E-state index < -0.39 is 5.97 Å². The molecule has 1 N–H and O–H groups in total. The van der Waals surface area contributed by atoms with E-state index in [-0.39, 0.29) is 11.8 Å². The van der Waals surface area contributed by atoms with Crippen LogP contribution >= 0.6 is 11.6 Å². The van der Waals surface area contributed by atoms with E-state index in [2.05, 4.69) is 4.90 Å². The molecule has 104 valence electrons. The normalized spacial score (nSPS) is 23.5. The van der Waals surface area contributed by atoms with Gasteiger partial charge in [0.05, 0.1) is 10.9 Å². The summed E-state index contributed by atoms with van der Waals surface area (Å²) in [5.41, 5.74) is 0. The summed E-state index contributed by atoms with van der Waals surface area (Å²) in [5.74, 6) is -0.105. The fraction of sp³-hybridized carbons (Fsp3) is 0.500. The van der Waals surface area contributed by atoms with Crippen LogP contribution in [0.25, 0.3) is 0 Å². The molecule has 0 saturated carbocycles. The number of likely N-dealkylation sites (tertiary alicyclic amines) is 1. The first-order chi connectivity index (χ1) is 9.08. The Labute approximate surface area is 117 Å². The largest absolute Gasteiger partial charge is 0.491 e. The molecular formula is C14H18ClNO3. The molecule has 0 bridgehead atoms. The van der Waals surface area contributed by atoms with Gasteiger partial charge in [-0.3, -0.25) is 9.69 Å². The molecule has 5 heteroatoms. The summed E-state index contributed by atoms with van der Waals surface area (Å²) >= 11 is 5.99. The van der Waals surface area contributed by atoms with Crippen LogP contribution in [0.15, 0.2) is 24.3 Å². The molecule has 19 heavy (non-hydrogen) atoms. The van der Waals surface area contributed by atoms with Crippen molar-refractivity contribution in [1.29, 1.82) is 0 Å². The summed E-state index contributed by atoms with van der Waals surface area (Å²) in [4.78, 5) is 13.1. The van der Waals surface area contributed by atoms with E-state index in [4.69, 9.17) is 21.4 Å². The summed E-state index contributed by atoms with van der Waals surface area (Å²) in [5, 5.41) is 9.66. The summed E-state index contributed by atoms with van der Waals surface area (Å²) in [6, 6.07) is 7.35. The highest BCUT2D eigenvalue weighted by Gasteiger charge is 2.34. The highest BCUT2D eigenvalue weighted by atomic mass is 35.5. The number of aliphatic carboxylic acids is 1. The Morgan fingerprint density at radius 3 is 2.84 bits per heavy atom. The molecule has 1 aliphatic rings. The average molecular weight is 284 g/mol. The molecule has 2 unspecified atom stereocenters. The van der Waals surface area contributed by atoms with Crippen LogP contribution in [0, 0.1) is 11.8 Å². The second kappa shape index (κ2) is 6.26. The number of ether oxygens (including phenoxy) is 1. The Morgan fingerprint density at radius 2 is 2.21 bits per heavy atom. The Kier molecular flexibility index (Phi) is 4.66. The van der Waals surface area contributed by atoms with Crippen molar-refractivity contribution in [1.82, 2.24) is 4.90 Å². The van der Waals surface area contributed by atoms with Gasteiger partial charge in [0.25, 0.3) is 0 Å². The lowest BCUT2D eigenvalue weighted by atomic mass is 9.99. The lowest BCUT2D eigenvalue weighted by molar-refractivity contribution is -0.142. The van der Waals surface area contributed by atoms with Crippen molar-refractivity contribution in [2.75, 3.05) is 26.2 Å². The summed E-state index contributed by atoms with van der Waals surface area (Å²) in [7, 11) is 0.